The summed E-state index contributed by atoms with van der Waals surface area (Å²) in [7, 11) is 5.69. The van der Waals surface area contributed by atoms with Crippen LogP contribution in [0.15, 0.2) is 67.0 Å². The summed E-state index contributed by atoms with van der Waals surface area (Å²) in [5, 5.41) is 32.7. The van der Waals surface area contributed by atoms with Crippen molar-refractivity contribution in [2.45, 2.75) is 200 Å². The molecular weight excluding hydrogens is 1120 g/mol. The third kappa shape index (κ3) is 17.2. The van der Waals surface area contributed by atoms with E-state index in [4.69, 9.17) is 14.7 Å². The molecule has 0 radical (unpaired) electrons. The van der Waals surface area contributed by atoms with E-state index in [9.17, 15) is 39.0 Å². The van der Waals surface area contributed by atoms with Crippen LogP contribution in [-0.2, 0) is 55.9 Å². The molecule has 3 aromatic rings. The number of esters is 1. The fourth-order valence-corrected chi connectivity index (χ4v) is 11.9. The number of aliphatic hydroxyl groups excluding tert-OH is 1. The highest BCUT2D eigenvalue weighted by Crippen LogP contribution is 2.29. The Bertz CT molecular complexity index is 2880. The molecule has 4 heterocycles. The molecule has 1 aromatic heterocycles. The van der Waals surface area contributed by atoms with Crippen molar-refractivity contribution >= 4 is 53.1 Å². The van der Waals surface area contributed by atoms with Gasteiger partial charge in [-0.05, 0) is 108 Å². The minimum atomic E-state index is -1.96. The molecule has 3 aliphatic rings. The maximum absolute atomic E-state index is 15.7. The third-order valence-electron chi connectivity index (χ3n) is 18.4. The topological polar surface area (TPSA) is 268 Å². The number of aliphatic hydroxyl groups is 2. The van der Waals surface area contributed by atoms with Crippen LogP contribution in [0.4, 0.5) is 5.82 Å². The van der Waals surface area contributed by atoms with Gasteiger partial charge in [-0.2, -0.15) is 0 Å². The van der Waals surface area contributed by atoms with Gasteiger partial charge in [-0.25, -0.2) is 9.78 Å². The Morgan fingerprint density at radius 1 is 0.659 bits per heavy atom. The van der Waals surface area contributed by atoms with E-state index in [1.54, 1.807) is 57.4 Å². The lowest BCUT2D eigenvalue weighted by Crippen LogP contribution is -2.63. The summed E-state index contributed by atoms with van der Waals surface area (Å²) in [6, 6.07) is 6.57. The van der Waals surface area contributed by atoms with E-state index >= 15 is 9.59 Å². The molecule has 9 unspecified atom stereocenters. The first-order chi connectivity index (χ1) is 41.5. The largest absolute Gasteiger partial charge is 0.450 e. The number of likely N-dealkylation sites (N-methyl/N-ethyl adjacent to an activating group) is 4. The van der Waals surface area contributed by atoms with Gasteiger partial charge < -0.3 is 55.4 Å². The van der Waals surface area contributed by atoms with Crippen molar-refractivity contribution in [1.82, 2.24) is 50.4 Å². The van der Waals surface area contributed by atoms with Crippen molar-refractivity contribution in [3.05, 3.63) is 78.1 Å². The summed E-state index contributed by atoms with van der Waals surface area (Å²) in [6.07, 6.45) is 4.21. The summed E-state index contributed by atoms with van der Waals surface area (Å²) in [5.41, 5.74) is 0.706. The van der Waals surface area contributed by atoms with Crippen LogP contribution < -0.4 is 20.9 Å². The van der Waals surface area contributed by atoms with E-state index in [0.717, 1.165) is 47.1 Å². The van der Waals surface area contributed by atoms with Crippen LogP contribution in [0.25, 0.3) is 11.3 Å². The number of carbonyl (C=O) groups is 8. The smallest absolute Gasteiger partial charge is 0.332 e. The Hall–Kier alpha value is -7.04. The fourth-order valence-electron chi connectivity index (χ4n) is 11.9. The number of benzene rings is 2. The summed E-state index contributed by atoms with van der Waals surface area (Å²) >= 11 is 0. The van der Waals surface area contributed by atoms with E-state index in [0.29, 0.717) is 42.0 Å². The lowest BCUT2D eigenvalue weighted by atomic mass is 9.94. The number of amides is 7. The summed E-state index contributed by atoms with van der Waals surface area (Å²) in [5.74, 6) is -5.50. The molecule has 2 aromatic carbocycles. The third-order valence-corrected chi connectivity index (χ3v) is 18.4. The molecule has 7 amide bonds. The lowest BCUT2D eigenvalue weighted by Gasteiger charge is -2.39. The number of nitrogens with zero attached hydrogens (tertiary/aromatic N) is 8. The van der Waals surface area contributed by atoms with Gasteiger partial charge in [-0.1, -0.05) is 103 Å². The van der Waals surface area contributed by atoms with E-state index < -0.39 is 120 Å². The minimum absolute atomic E-state index is 0.0282. The summed E-state index contributed by atoms with van der Waals surface area (Å²) in [6.45, 7) is 20.8. The van der Waals surface area contributed by atoms with E-state index in [1.807, 2.05) is 58.0 Å². The predicted molar refractivity (Wildman–Crippen MR) is 336 cm³/mol. The Morgan fingerprint density at radius 3 is 1.88 bits per heavy atom. The maximum atomic E-state index is 15.7. The molecule has 0 bridgehead atoms. The molecule has 0 spiro atoms. The number of carbonyl (C=O) groups excluding carboxylic acids is 8. The van der Waals surface area contributed by atoms with Gasteiger partial charge in [0.2, 0.25) is 35.4 Å². The van der Waals surface area contributed by atoms with E-state index in [1.165, 1.54) is 63.7 Å². The van der Waals surface area contributed by atoms with Gasteiger partial charge in [0.25, 0.3) is 5.91 Å². The normalized spacial score (nSPS) is 27.2. The average Bonchev–Trinajstić information content (AvgIpc) is 1.80. The van der Waals surface area contributed by atoms with Crippen LogP contribution in [0.5, 0.6) is 0 Å². The molecule has 5 N–H and O–H groups in total. The molecule has 3 saturated heterocycles. The van der Waals surface area contributed by atoms with Gasteiger partial charge in [-0.15, -0.1) is 0 Å². The molecule has 484 valence electrons. The Morgan fingerprint density at radius 2 is 1.27 bits per heavy atom. The van der Waals surface area contributed by atoms with Gasteiger partial charge in [0, 0.05) is 65.1 Å². The molecule has 88 heavy (non-hydrogen) atoms. The zero-order chi connectivity index (χ0) is 65.1. The number of fused-ring (bicyclic) bond motifs is 1. The summed E-state index contributed by atoms with van der Waals surface area (Å²) in [4.78, 5) is 137. The van der Waals surface area contributed by atoms with Gasteiger partial charge in [0.1, 0.15) is 42.3 Å². The maximum Gasteiger partial charge on any atom is 0.332 e. The molecule has 3 aliphatic heterocycles. The monoisotopic (exact) mass is 1220 g/mol. The van der Waals surface area contributed by atoms with Crippen molar-refractivity contribution in [2.24, 2.45) is 23.7 Å². The van der Waals surface area contributed by atoms with Crippen LogP contribution in [0, 0.1) is 23.7 Å². The number of cyclic esters (lactones) is 1. The lowest BCUT2D eigenvalue weighted by molar-refractivity contribution is -0.177. The van der Waals surface area contributed by atoms with E-state index in [2.05, 4.69) is 27.8 Å². The zero-order valence-electron chi connectivity index (χ0n) is 54.6. The van der Waals surface area contributed by atoms with Crippen molar-refractivity contribution in [3.8, 4) is 11.3 Å². The first-order valence-corrected chi connectivity index (χ1v) is 31.5. The number of piperidine rings is 1. The molecule has 3 fully saturated rings. The standard InChI is InChI=1S/C66H99N11O11/c1-16-41(6)54-63(84)72(12)43(8)57(78)69-48(33-39(3)4)61(82)75(15)56(66(10,11)87)65(86)88-55(42(7)17-2)64(85)73(13)44(9)58(79)70-49(35-45-23-19-18-20-24-45)60(81)74(14)52(62(83)77-30-22-27-51(77)59(80)71-54)36-46-25-21-26-47(34-46)50-37-68-53(38-67-50)76-31-28-40(5)29-32-76/h18-21,23-26,34,37-44,48-49,51-52,54-56,63,84,87H,16-17,22,27-33,35-36H2,1-15H3,(H,69,78)(H,70,79)(H,71,80)/t41?,42?,43-,44-,48?,49?,51?,52?,54?,55+,56?,63?/m0/s1. The Labute approximate surface area is 520 Å². The second-order valence-electron chi connectivity index (χ2n) is 26.0. The predicted octanol–water partition coefficient (Wildman–Crippen LogP) is 4.58. The van der Waals surface area contributed by atoms with Gasteiger partial charge in [-0.3, -0.25) is 43.4 Å². The number of aromatic nitrogens is 2. The number of nitrogens with one attached hydrogen (secondary N) is 3. The van der Waals surface area contributed by atoms with Gasteiger partial charge in [0.05, 0.1) is 35.8 Å². The highest BCUT2D eigenvalue weighted by molar-refractivity contribution is 5.97. The highest BCUT2D eigenvalue weighted by atomic mass is 16.6. The van der Waals surface area contributed by atoms with Crippen molar-refractivity contribution in [1.29, 1.82) is 0 Å². The number of rotatable bonds is 13. The fraction of sp³-hybridized carbons (Fsp3) is 0.636. The first-order valence-electron chi connectivity index (χ1n) is 31.5. The van der Waals surface area contributed by atoms with Gasteiger partial charge in [0.15, 0.2) is 12.1 Å². The van der Waals surface area contributed by atoms with Crippen LogP contribution in [0.3, 0.4) is 0 Å². The second-order valence-corrected chi connectivity index (χ2v) is 26.0. The molecule has 22 heteroatoms. The minimum Gasteiger partial charge on any atom is -0.450 e. The zero-order valence-corrected chi connectivity index (χ0v) is 54.6. The second kappa shape index (κ2) is 30.9. The number of ether oxygens (including phenoxy) is 1. The molecule has 0 aliphatic carbocycles. The van der Waals surface area contributed by atoms with Crippen molar-refractivity contribution in [3.63, 3.8) is 0 Å². The van der Waals surface area contributed by atoms with Crippen LogP contribution >= 0.6 is 0 Å². The first kappa shape index (κ1) is 70.1. The Balaban J connectivity index is 1.45. The van der Waals surface area contributed by atoms with Crippen LogP contribution in [-0.4, -0.2) is 206 Å². The van der Waals surface area contributed by atoms with Gasteiger partial charge >= 0.3 is 5.97 Å². The SMILES string of the molecule is CCC(C)C1NC(=O)C2CCCN2C(=O)C(Cc2cccc(-c3cnc(N4CCC(C)CC4)cn3)c2)N(C)C(=O)C(Cc2ccccc2)NC(=O)[C@H](C)N(C)C(=O)[C@@H](C(C)CC)OC(=O)C(C(C)(C)O)N(C)C(=O)C(CC(C)C)NC(=O)[C@H](C)N(C)C1O. The number of hydrogen-bond donors (Lipinski definition) is 5. The van der Waals surface area contributed by atoms with Crippen LogP contribution in [0.2, 0.25) is 0 Å². The molecule has 0 saturated carbocycles. The molecule has 22 nitrogen and oxygen atoms in total. The summed E-state index contributed by atoms with van der Waals surface area (Å²) < 4.78 is 6.05. The molecule has 6 rings (SSSR count). The molecule has 12 atom stereocenters. The quantitative estimate of drug-likeness (QED) is 0.147. The average molecular weight is 1220 g/mol. The van der Waals surface area contributed by atoms with E-state index in [-0.39, 0.29) is 44.1 Å². The number of hydrogen-bond acceptors (Lipinski definition) is 15. The Kier molecular flexibility index (Phi) is 24.6. The van der Waals surface area contributed by atoms with Crippen molar-refractivity contribution < 1.29 is 53.3 Å². The van der Waals surface area contributed by atoms with Crippen LogP contribution in [0.1, 0.15) is 132 Å². The van der Waals surface area contributed by atoms with Crippen molar-refractivity contribution in [2.75, 3.05) is 52.7 Å². The molecular formula is C66H99N11O11. The highest BCUT2D eigenvalue weighted by Gasteiger charge is 2.47. The number of anilines is 1.